The highest BCUT2D eigenvalue weighted by molar-refractivity contribution is 6.30. The van der Waals surface area contributed by atoms with Crippen molar-refractivity contribution in [2.45, 2.75) is 26.4 Å². The Morgan fingerprint density at radius 3 is 2.61 bits per heavy atom. The molecule has 4 rings (SSSR count). The minimum atomic E-state index is -0.586. The zero-order valence-electron chi connectivity index (χ0n) is 18.7. The zero-order valence-corrected chi connectivity index (χ0v) is 19.5. The number of carbonyl (C=O) groups excluding carboxylic acids is 2. The second-order valence-electron chi connectivity index (χ2n) is 8.41. The number of hydrogen-bond donors (Lipinski definition) is 1. The van der Waals surface area contributed by atoms with Gasteiger partial charge in [-0.15, -0.1) is 0 Å². The van der Waals surface area contributed by atoms with E-state index in [0.29, 0.717) is 18.7 Å². The Kier molecular flexibility index (Phi) is 5.69. The highest BCUT2D eigenvalue weighted by Gasteiger charge is 2.37. The van der Waals surface area contributed by atoms with Crippen LogP contribution in [0.1, 0.15) is 46.3 Å². The average molecular weight is 475 g/mol. The number of amides is 2. The van der Waals surface area contributed by atoms with Gasteiger partial charge < -0.3 is 24.0 Å². The van der Waals surface area contributed by atoms with Crippen molar-refractivity contribution >= 4 is 34.3 Å². The number of rotatable bonds is 4. The van der Waals surface area contributed by atoms with E-state index in [1.165, 1.54) is 33.9 Å². The number of aromatic nitrogens is 2. The van der Waals surface area contributed by atoms with Crippen LogP contribution in [0.15, 0.2) is 29.2 Å². The molecule has 0 bridgehead atoms. The molecule has 1 atom stereocenters. The lowest BCUT2D eigenvalue weighted by atomic mass is 10.1. The maximum Gasteiger partial charge on any atom is 0.274 e. The molecule has 0 saturated carbocycles. The van der Waals surface area contributed by atoms with Crippen LogP contribution >= 0.6 is 11.6 Å². The molecule has 0 aliphatic carbocycles. The molecule has 0 radical (unpaired) electrons. The molecule has 1 aliphatic rings. The van der Waals surface area contributed by atoms with E-state index in [-0.39, 0.29) is 45.7 Å². The van der Waals surface area contributed by atoms with Crippen LogP contribution in [0.5, 0.6) is 5.75 Å². The number of nitrogens with zero attached hydrogens (tertiary/aromatic N) is 4. The molecule has 1 unspecified atom stereocenters. The minimum Gasteiger partial charge on any atom is -0.505 e. The van der Waals surface area contributed by atoms with Gasteiger partial charge in [-0.2, -0.15) is 0 Å². The van der Waals surface area contributed by atoms with Crippen LogP contribution in [0.4, 0.5) is 4.39 Å². The maximum atomic E-state index is 13.6. The van der Waals surface area contributed by atoms with Gasteiger partial charge in [-0.3, -0.25) is 14.4 Å². The fourth-order valence-electron chi connectivity index (χ4n) is 4.36. The van der Waals surface area contributed by atoms with Crippen LogP contribution in [-0.2, 0) is 6.54 Å². The predicted molar refractivity (Wildman–Crippen MR) is 123 cm³/mol. The van der Waals surface area contributed by atoms with E-state index >= 15 is 0 Å². The second-order valence-corrected chi connectivity index (χ2v) is 8.81. The molecule has 33 heavy (non-hydrogen) atoms. The smallest absolute Gasteiger partial charge is 0.274 e. The van der Waals surface area contributed by atoms with E-state index in [1.54, 1.807) is 23.6 Å². The van der Waals surface area contributed by atoms with Gasteiger partial charge in [-0.1, -0.05) is 17.7 Å². The van der Waals surface area contributed by atoms with Crippen LogP contribution in [0.25, 0.3) is 10.9 Å². The number of carbonyl (C=O) groups is 2. The van der Waals surface area contributed by atoms with Crippen LogP contribution in [0.3, 0.4) is 0 Å². The Bertz CT molecular complexity index is 1360. The van der Waals surface area contributed by atoms with Crippen LogP contribution in [-0.4, -0.2) is 63.0 Å². The quantitative estimate of drug-likeness (QED) is 0.629. The summed E-state index contributed by atoms with van der Waals surface area (Å²) in [7, 11) is 3.16. The number of likely N-dealkylation sites (N-methyl/N-ethyl adjacent to an activating group) is 1. The van der Waals surface area contributed by atoms with Crippen molar-refractivity contribution in [3.8, 4) is 5.75 Å². The Balaban J connectivity index is 2.03. The lowest BCUT2D eigenvalue weighted by Gasteiger charge is -2.32. The lowest BCUT2D eigenvalue weighted by molar-refractivity contribution is 0.0684. The summed E-state index contributed by atoms with van der Waals surface area (Å²) in [6.07, 6.45) is 1.42. The van der Waals surface area contributed by atoms with E-state index in [4.69, 9.17) is 11.6 Å². The fraction of sp³-hybridized carbons (Fsp3) is 0.348. The molecular formula is C23H24ClFN4O4. The summed E-state index contributed by atoms with van der Waals surface area (Å²) >= 11 is 5.88. The van der Waals surface area contributed by atoms with Gasteiger partial charge in [0.05, 0.1) is 22.6 Å². The molecule has 0 fully saturated rings. The van der Waals surface area contributed by atoms with E-state index in [9.17, 15) is 23.9 Å². The summed E-state index contributed by atoms with van der Waals surface area (Å²) < 4.78 is 16.4. The third kappa shape index (κ3) is 3.56. The first kappa shape index (κ1) is 22.8. The van der Waals surface area contributed by atoms with E-state index < -0.39 is 23.0 Å². The van der Waals surface area contributed by atoms with Crippen molar-refractivity contribution < 1.29 is 19.1 Å². The third-order valence-corrected chi connectivity index (χ3v) is 6.25. The Labute approximate surface area is 194 Å². The highest BCUT2D eigenvalue weighted by Crippen LogP contribution is 2.38. The van der Waals surface area contributed by atoms with Crippen LogP contribution < -0.4 is 5.56 Å². The number of fused-ring (bicyclic) bond motifs is 3. The summed E-state index contributed by atoms with van der Waals surface area (Å²) in [5.41, 5.74) is 0.377. The van der Waals surface area contributed by atoms with Crippen LogP contribution in [0.2, 0.25) is 5.02 Å². The molecule has 1 N–H and O–H groups in total. The first-order valence-corrected chi connectivity index (χ1v) is 10.9. The summed E-state index contributed by atoms with van der Waals surface area (Å²) in [5, 5.41) is 10.9. The number of pyridine rings is 1. The summed E-state index contributed by atoms with van der Waals surface area (Å²) in [4.78, 5) is 42.6. The van der Waals surface area contributed by atoms with Gasteiger partial charge in [0, 0.05) is 39.4 Å². The normalized spacial score (nSPS) is 15.8. The van der Waals surface area contributed by atoms with Gasteiger partial charge in [-0.05, 0) is 31.5 Å². The first-order chi connectivity index (χ1) is 15.6. The Morgan fingerprint density at radius 1 is 1.30 bits per heavy atom. The molecule has 2 amide bonds. The first-order valence-electron chi connectivity index (χ1n) is 10.5. The molecule has 3 heterocycles. The molecule has 8 nitrogen and oxygen atoms in total. The van der Waals surface area contributed by atoms with Crippen molar-refractivity contribution in [1.29, 1.82) is 0 Å². The number of hydrogen-bond acceptors (Lipinski definition) is 4. The van der Waals surface area contributed by atoms with Gasteiger partial charge in [0.2, 0.25) is 0 Å². The van der Waals surface area contributed by atoms with Crippen molar-refractivity contribution in [2.75, 3.05) is 27.2 Å². The Morgan fingerprint density at radius 2 is 2.00 bits per heavy atom. The van der Waals surface area contributed by atoms with Crippen molar-refractivity contribution in [2.24, 2.45) is 0 Å². The van der Waals surface area contributed by atoms with E-state index in [0.717, 1.165) is 0 Å². The van der Waals surface area contributed by atoms with Crippen LogP contribution in [0, 0.1) is 5.82 Å². The SMILES string of the molecule is CCN1CC(C)n2c(c(O)c3c(=O)n(Cc4ccc(F)c(Cl)c4)cc(C(=O)N(C)C)c32)C1=O. The lowest BCUT2D eigenvalue weighted by Crippen LogP contribution is -2.42. The summed E-state index contributed by atoms with van der Waals surface area (Å²) in [6.45, 7) is 4.53. The van der Waals surface area contributed by atoms with Gasteiger partial charge in [0.1, 0.15) is 11.2 Å². The standard InChI is InChI=1S/C23H24ClFN4O4/c1-5-27-9-12(2)29-18-14(21(31)26(3)4)11-28(10-13-6-7-16(25)15(24)8-13)22(32)17(18)20(30)19(29)23(27)33/h6-8,11-12,30H,5,9-10H2,1-4H3. The van der Waals surface area contributed by atoms with E-state index in [2.05, 4.69) is 0 Å². The Hall–Kier alpha value is -3.33. The minimum absolute atomic E-state index is 0.00178. The molecule has 1 aromatic carbocycles. The van der Waals surface area contributed by atoms with E-state index in [1.807, 2.05) is 13.8 Å². The second kappa shape index (κ2) is 8.22. The maximum absolute atomic E-state index is 13.6. The van der Waals surface area contributed by atoms with Gasteiger partial charge >= 0.3 is 0 Å². The molecular weight excluding hydrogens is 451 g/mol. The molecule has 1 aliphatic heterocycles. The third-order valence-electron chi connectivity index (χ3n) is 5.96. The molecule has 174 valence electrons. The summed E-state index contributed by atoms with van der Waals surface area (Å²) in [5.74, 6) is -1.81. The highest BCUT2D eigenvalue weighted by atomic mass is 35.5. The van der Waals surface area contributed by atoms with Crippen molar-refractivity contribution in [1.82, 2.24) is 18.9 Å². The van der Waals surface area contributed by atoms with Gasteiger partial charge in [0.25, 0.3) is 17.4 Å². The number of halogens is 2. The molecule has 2 aromatic heterocycles. The molecule has 0 saturated heterocycles. The predicted octanol–water partition coefficient (Wildman–Crippen LogP) is 3.09. The van der Waals surface area contributed by atoms with Gasteiger partial charge in [0.15, 0.2) is 11.4 Å². The number of aromatic hydroxyl groups is 1. The van der Waals surface area contributed by atoms with Crippen molar-refractivity contribution in [3.63, 3.8) is 0 Å². The monoisotopic (exact) mass is 474 g/mol. The number of benzene rings is 1. The average Bonchev–Trinajstić information content (AvgIpc) is 3.09. The molecule has 3 aromatic rings. The molecule has 10 heteroatoms. The van der Waals surface area contributed by atoms with Gasteiger partial charge in [-0.25, -0.2) is 4.39 Å². The van der Waals surface area contributed by atoms with Crippen molar-refractivity contribution in [3.05, 3.63) is 62.4 Å². The largest absolute Gasteiger partial charge is 0.505 e. The summed E-state index contributed by atoms with van der Waals surface area (Å²) in [6, 6.07) is 3.82. The topological polar surface area (TPSA) is 87.8 Å². The molecule has 0 spiro atoms. The zero-order chi connectivity index (χ0) is 24.2. The fourth-order valence-corrected chi connectivity index (χ4v) is 4.57.